The van der Waals surface area contributed by atoms with E-state index in [2.05, 4.69) is 139 Å². The van der Waals surface area contributed by atoms with Gasteiger partial charge in [-0.1, -0.05) is 115 Å². The lowest BCUT2D eigenvalue weighted by molar-refractivity contribution is 0.514. The highest BCUT2D eigenvalue weighted by Crippen LogP contribution is 2.52. The van der Waals surface area contributed by atoms with Crippen molar-refractivity contribution in [3.05, 3.63) is 145 Å². The predicted molar refractivity (Wildman–Crippen MR) is 170 cm³/mol. The molecule has 0 bridgehead atoms. The Morgan fingerprint density at radius 3 is 2.05 bits per heavy atom. The number of thioether (sulfide) groups is 1. The van der Waals surface area contributed by atoms with E-state index in [-0.39, 0.29) is 6.04 Å². The van der Waals surface area contributed by atoms with Gasteiger partial charge in [-0.3, -0.25) is 4.99 Å². The molecule has 188 valence electrons. The third kappa shape index (κ3) is 3.16. The fourth-order valence-corrected chi connectivity index (χ4v) is 8.10. The first-order chi connectivity index (χ1) is 19.8. The van der Waals surface area contributed by atoms with E-state index in [1.54, 1.807) is 0 Å². The van der Waals surface area contributed by atoms with Crippen molar-refractivity contribution in [1.29, 1.82) is 0 Å². The molecule has 0 N–H and O–H groups in total. The fraction of sp³-hybridized carbons (Fsp3) is 0.0541. The van der Waals surface area contributed by atoms with Gasteiger partial charge in [0.15, 0.2) is 0 Å². The minimum atomic E-state index is 0.181. The predicted octanol–water partition coefficient (Wildman–Crippen LogP) is 9.61. The van der Waals surface area contributed by atoms with Crippen LogP contribution >= 0.6 is 11.8 Å². The highest BCUT2D eigenvalue weighted by atomic mass is 32.2. The summed E-state index contributed by atoms with van der Waals surface area (Å²) in [6, 6.07) is 42.1. The van der Waals surface area contributed by atoms with E-state index < -0.39 is 0 Å². The van der Waals surface area contributed by atoms with Crippen LogP contribution in [0.1, 0.15) is 17.2 Å². The minimum absolute atomic E-state index is 0.181. The van der Waals surface area contributed by atoms with Crippen LogP contribution in [0.4, 0.5) is 0 Å². The zero-order chi connectivity index (χ0) is 26.2. The molecule has 2 nitrogen and oxygen atoms in total. The summed E-state index contributed by atoms with van der Waals surface area (Å²) in [4.78, 5) is 8.94. The van der Waals surface area contributed by atoms with Crippen molar-refractivity contribution in [1.82, 2.24) is 4.90 Å². The molecule has 0 radical (unpaired) electrons. The molecule has 0 amide bonds. The maximum Gasteiger partial charge on any atom is 0.129 e. The molecule has 6 aromatic carbocycles. The first-order valence-corrected chi connectivity index (χ1v) is 14.7. The van der Waals surface area contributed by atoms with Crippen molar-refractivity contribution in [2.75, 3.05) is 0 Å². The number of hydrogen-bond acceptors (Lipinski definition) is 3. The van der Waals surface area contributed by atoms with E-state index in [1.807, 2.05) is 11.8 Å². The van der Waals surface area contributed by atoms with Crippen LogP contribution in [0.5, 0.6) is 0 Å². The second kappa shape index (κ2) is 8.45. The molecule has 0 saturated carbocycles. The summed E-state index contributed by atoms with van der Waals surface area (Å²) < 4.78 is 0. The molecule has 3 aliphatic heterocycles. The summed E-state index contributed by atoms with van der Waals surface area (Å²) in [5.41, 5.74) is 6.38. The van der Waals surface area contributed by atoms with Crippen LogP contribution in [0.3, 0.4) is 0 Å². The number of aliphatic imine (C=N–C) groups is 1. The first-order valence-electron chi connectivity index (χ1n) is 13.8. The number of nitrogens with zero attached hydrogens (tertiary/aromatic N) is 2. The molecule has 6 aromatic rings. The summed E-state index contributed by atoms with van der Waals surface area (Å²) in [7, 11) is 0. The smallest absolute Gasteiger partial charge is 0.129 e. The van der Waals surface area contributed by atoms with Crippen LogP contribution in [-0.4, -0.2) is 16.1 Å². The van der Waals surface area contributed by atoms with Crippen LogP contribution in [0.15, 0.2) is 144 Å². The second-order valence-electron chi connectivity index (χ2n) is 10.7. The van der Waals surface area contributed by atoms with Crippen molar-refractivity contribution in [2.24, 2.45) is 4.99 Å². The van der Waals surface area contributed by atoms with Gasteiger partial charge in [-0.2, -0.15) is 0 Å². The molecule has 40 heavy (non-hydrogen) atoms. The lowest BCUT2D eigenvalue weighted by Gasteiger charge is -2.26. The summed E-state index contributed by atoms with van der Waals surface area (Å²) >= 11 is 1.93. The van der Waals surface area contributed by atoms with Gasteiger partial charge in [-0.25, -0.2) is 0 Å². The Hall–Kier alpha value is -4.60. The van der Waals surface area contributed by atoms with Crippen LogP contribution < -0.4 is 0 Å². The van der Waals surface area contributed by atoms with Crippen molar-refractivity contribution in [3.63, 3.8) is 0 Å². The van der Waals surface area contributed by atoms with Gasteiger partial charge in [0.25, 0.3) is 0 Å². The Bertz CT molecular complexity index is 2060. The largest absolute Gasteiger partial charge is 0.318 e. The maximum absolute atomic E-state index is 5.24. The molecule has 0 fully saturated rings. The monoisotopic (exact) mass is 528 g/mol. The van der Waals surface area contributed by atoms with Gasteiger partial charge >= 0.3 is 0 Å². The maximum atomic E-state index is 5.24. The molecule has 0 aliphatic carbocycles. The van der Waals surface area contributed by atoms with Crippen LogP contribution in [0, 0.1) is 0 Å². The summed E-state index contributed by atoms with van der Waals surface area (Å²) in [5, 5.41) is 7.92. The van der Waals surface area contributed by atoms with Crippen LogP contribution in [-0.2, 0) is 0 Å². The van der Waals surface area contributed by atoms with E-state index in [1.165, 1.54) is 65.0 Å². The molecule has 0 spiro atoms. The number of allylic oxidation sites excluding steroid dienone is 2. The molecule has 3 heteroatoms. The van der Waals surface area contributed by atoms with Gasteiger partial charge in [0.05, 0.1) is 0 Å². The van der Waals surface area contributed by atoms with E-state index in [9.17, 15) is 0 Å². The van der Waals surface area contributed by atoms with Crippen molar-refractivity contribution in [3.8, 4) is 11.1 Å². The fourth-order valence-electron chi connectivity index (χ4n) is 6.73. The number of benzene rings is 6. The average molecular weight is 529 g/mol. The standard InChI is InChI=1S/C37H24N2S/c1-2-10-24-21-25(18-17-23(24)9-1)34-27-11-3-5-13-29(27)35(30-14-6-4-12-28(30)34)26-19-20-39-33(22-26)38-36-31-15-7-8-16-32(31)40-37(36)39/h1-22,36-37H. The molecule has 0 aromatic heterocycles. The third-order valence-corrected chi connectivity index (χ3v) is 9.88. The molecule has 3 aliphatic rings. The molecule has 0 saturated heterocycles. The summed E-state index contributed by atoms with van der Waals surface area (Å²) in [6.45, 7) is 0. The molecular formula is C37H24N2S. The van der Waals surface area contributed by atoms with Gasteiger partial charge in [0, 0.05) is 11.1 Å². The Kier molecular flexibility index (Phi) is 4.70. The van der Waals surface area contributed by atoms with E-state index in [4.69, 9.17) is 4.99 Å². The van der Waals surface area contributed by atoms with E-state index in [0.717, 1.165) is 5.84 Å². The van der Waals surface area contributed by atoms with Crippen molar-refractivity contribution in [2.45, 2.75) is 16.3 Å². The van der Waals surface area contributed by atoms with Crippen LogP contribution in [0.2, 0.25) is 0 Å². The highest BCUT2D eigenvalue weighted by molar-refractivity contribution is 8.00. The second-order valence-corrected chi connectivity index (χ2v) is 11.9. The number of amidine groups is 1. The zero-order valence-corrected chi connectivity index (χ0v) is 22.5. The Morgan fingerprint density at radius 1 is 0.625 bits per heavy atom. The van der Waals surface area contributed by atoms with E-state index >= 15 is 0 Å². The Morgan fingerprint density at radius 2 is 1.27 bits per heavy atom. The number of hydrogen-bond donors (Lipinski definition) is 0. The number of rotatable bonds is 2. The van der Waals surface area contributed by atoms with Crippen LogP contribution in [0.25, 0.3) is 49.0 Å². The zero-order valence-electron chi connectivity index (χ0n) is 21.7. The lowest BCUT2D eigenvalue weighted by Crippen LogP contribution is -2.29. The SMILES string of the molecule is C1=CN2C(=NC3c4ccccc4SC32)C=C1c1c2ccccc2c(-c2ccc3ccccc3c2)c2ccccc12. The van der Waals surface area contributed by atoms with Crippen molar-refractivity contribution < 1.29 is 0 Å². The third-order valence-electron chi connectivity index (χ3n) is 8.52. The first kappa shape index (κ1) is 22.2. The van der Waals surface area contributed by atoms with Gasteiger partial charge in [0.1, 0.15) is 17.3 Å². The summed E-state index contributed by atoms with van der Waals surface area (Å²) in [6.07, 6.45) is 6.83. The highest BCUT2D eigenvalue weighted by Gasteiger charge is 2.43. The number of fused-ring (bicyclic) bond motifs is 8. The molecular weight excluding hydrogens is 504 g/mol. The van der Waals surface area contributed by atoms with Crippen molar-refractivity contribution >= 4 is 55.5 Å². The van der Waals surface area contributed by atoms with Gasteiger partial charge in [-0.05, 0) is 84.4 Å². The van der Waals surface area contributed by atoms with E-state index in [0.29, 0.717) is 5.37 Å². The van der Waals surface area contributed by atoms with Gasteiger partial charge in [0.2, 0.25) is 0 Å². The quantitative estimate of drug-likeness (QED) is 0.208. The Labute approximate surface area is 237 Å². The van der Waals surface area contributed by atoms with Gasteiger partial charge < -0.3 is 4.90 Å². The molecule has 2 atom stereocenters. The average Bonchev–Trinajstić information content (AvgIpc) is 3.55. The topological polar surface area (TPSA) is 15.6 Å². The summed E-state index contributed by atoms with van der Waals surface area (Å²) in [5.74, 6) is 1.06. The minimum Gasteiger partial charge on any atom is -0.318 e. The molecule has 3 heterocycles. The van der Waals surface area contributed by atoms with Gasteiger partial charge in [-0.15, -0.1) is 0 Å². The molecule has 9 rings (SSSR count). The normalized spacial score (nSPS) is 19.1. The Balaban J connectivity index is 1.27. The molecule has 2 unspecified atom stereocenters. The lowest BCUT2D eigenvalue weighted by atomic mass is 9.85.